The molecule has 146 valence electrons. The molecule has 0 bridgehead atoms. The van der Waals surface area contributed by atoms with Crippen LogP contribution in [-0.4, -0.2) is 24.0 Å². The van der Waals surface area contributed by atoms with Crippen LogP contribution in [0.25, 0.3) is 0 Å². The number of aromatic nitrogens is 1. The van der Waals surface area contributed by atoms with Crippen LogP contribution < -0.4 is 15.5 Å². The van der Waals surface area contributed by atoms with Gasteiger partial charge in [0.1, 0.15) is 5.82 Å². The van der Waals surface area contributed by atoms with Crippen molar-refractivity contribution in [1.29, 1.82) is 5.26 Å². The molecule has 0 unspecified atom stereocenters. The van der Waals surface area contributed by atoms with Crippen LogP contribution in [0.4, 0.5) is 22.9 Å². The van der Waals surface area contributed by atoms with E-state index in [-0.39, 0.29) is 5.91 Å². The molecular formula is C23H23N5O. The number of hydrogen-bond donors (Lipinski definition) is 2. The van der Waals surface area contributed by atoms with Crippen molar-refractivity contribution >= 4 is 28.8 Å². The molecule has 0 saturated carbocycles. The Labute approximate surface area is 170 Å². The predicted molar refractivity (Wildman–Crippen MR) is 117 cm³/mol. The van der Waals surface area contributed by atoms with Crippen LogP contribution in [0.3, 0.4) is 0 Å². The number of carbonyl (C=O) groups excluding carboxylic acids is 1. The fourth-order valence-electron chi connectivity index (χ4n) is 2.96. The Morgan fingerprint density at radius 2 is 1.66 bits per heavy atom. The number of hydrogen-bond acceptors (Lipinski definition) is 5. The fourth-order valence-corrected chi connectivity index (χ4v) is 2.96. The SMILES string of the molecule is CCN(CC)c1ccc(Nc2cc(C(=O)Nc3ccc(C#N)cc3)ccn2)cc1. The lowest BCUT2D eigenvalue weighted by Gasteiger charge is -2.21. The molecule has 2 aromatic carbocycles. The van der Waals surface area contributed by atoms with E-state index in [0.717, 1.165) is 18.8 Å². The molecule has 0 spiro atoms. The lowest BCUT2D eigenvalue weighted by molar-refractivity contribution is 0.102. The van der Waals surface area contributed by atoms with Gasteiger partial charge in [0.05, 0.1) is 11.6 Å². The molecule has 0 saturated heterocycles. The lowest BCUT2D eigenvalue weighted by Crippen LogP contribution is -2.21. The van der Waals surface area contributed by atoms with Gasteiger partial charge in [0.25, 0.3) is 5.91 Å². The van der Waals surface area contributed by atoms with E-state index < -0.39 is 0 Å². The van der Waals surface area contributed by atoms with Crippen LogP contribution in [-0.2, 0) is 0 Å². The molecule has 0 atom stereocenters. The summed E-state index contributed by atoms with van der Waals surface area (Å²) in [6, 6.07) is 20.3. The first-order valence-corrected chi connectivity index (χ1v) is 9.52. The third-order valence-electron chi connectivity index (χ3n) is 4.56. The molecule has 0 aliphatic rings. The van der Waals surface area contributed by atoms with Crippen LogP contribution in [0.5, 0.6) is 0 Å². The minimum atomic E-state index is -0.239. The third-order valence-corrected chi connectivity index (χ3v) is 4.56. The molecule has 3 rings (SSSR count). The van der Waals surface area contributed by atoms with Gasteiger partial charge in [0, 0.05) is 41.9 Å². The summed E-state index contributed by atoms with van der Waals surface area (Å²) >= 11 is 0. The lowest BCUT2D eigenvalue weighted by atomic mass is 10.2. The summed E-state index contributed by atoms with van der Waals surface area (Å²) in [4.78, 5) is 19.1. The highest BCUT2D eigenvalue weighted by molar-refractivity contribution is 6.04. The van der Waals surface area contributed by atoms with E-state index in [1.807, 2.05) is 12.1 Å². The third kappa shape index (κ3) is 5.11. The molecular weight excluding hydrogens is 362 g/mol. The van der Waals surface area contributed by atoms with Gasteiger partial charge in [-0.05, 0) is 74.5 Å². The second-order valence-electron chi connectivity index (χ2n) is 6.42. The second kappa shape index (κ2) is 9.38. The van der Waals surface area contributed by atoms with Crippen molar-refractivity contribution in [2.75, 3.05) is 28.6 Å². The van der Waals surface area contributed by atoms with E-state index in [1.54, 1.807) is 42.6 Å². The number of pyridine rings is 1. The number of carbonyl (C=O) groups is 1. The molecule has 6 heteroatoms. The van der Waals surface area contributed by atoms with Gasteiger partial charge in [-0.25, -0.2) is 4.98 Å². The Kier molecular flexibility index (Phi) is 6.43. The largest absolute Gasteiger partial charge is 0.372 e. The van der Waals surface area contributed by atoms with Crippen molar-refractivity contribution in [3.63, 3.8) is 0 Å². The first kappa shape index (κ1) is 19.9. The summed E-state index contributed by atoms with van der Waals surface area (Å²) in [5, 5.41) is 14.9. The summed E-state index contributed by atoms with van der Waals surface area (Å²) in [5.74, 6) is 0.352. The van der Waals surface area contributed by atoms with Crippen LogP contribution >= 0.6 is 0 Å². The van der Waals surface area contributed by atoms with Crippen LogP contribution in [0.2, 0.25) is 0 Å². The van der Waals surface area contributed by atoms with Gasteiger partial charge in [-0.15, -0.1) is 0 Å². The maximum Gasteiger partial charge on any atom is 0.255 e. The van der Waals surface area contributed by atoms with Gasteiger partial charge < -0.3 is 15.5 Å². The van der Waals surface area contributed by atoms with Gasteiger partial charge in [0.2, 0.25) is 0 Å². The van der Waals surface area contributed by atoms with Crippen LogP contribution in [0.15, 0.2) is 66.9 Å². The van der Waals surface area contributed by atoms with Crippen molar-refractivity contribution < 1.29 is 4.79 Å². The summed E-state index contributed by atoms with van der Waals surface area (Å²) < 4.78 is 0. The number of benzene rings is 2. The molecule has 1 heterocycles. The standard InChI is InChI=1S/C23H23N5O/c1-3-28(4-2)21-11-9-19(10-12-21)26-22-15-18(13-14-25-22)23(29)27-20-7-5-17(16-24)6-8-20/h5-15H,3-4H2,1-2H3,(H,25,26)(H,27,29). The van der Waals surface area contributed by atoms with E-state index in [4.69, 9.17) is 5.26 Å². The Hall–Kier alpha value is -3.85. The Balaban J connectivity index is 1.68. The highest BCUT2D eigenvalue weighted by Crippen LogP contribution is 2.21. The van der Waals surface area contributed by atoms with Crippen molar-refractivity contribution in [2.45, 2.75) is 13.8 Å². The maximum absolute atomic E-state index is 12.5. The zero-order valence-corrected chi connectivity index (χ0v) is 16.5. The quantitative estimate of drug-likeness (QED) is 0.611. The molecule has 0 aliphatic heterocycles. The average molecular weight is 385 g/mol. The zero-order valence-electron chi connectivity index (χ0n) is 16.5. The van der Waals surface area contributed by atoms with Gasteiger partial charge in [0.15, 0.2) is 0 Å². The molecule has 1 amide bonds. The van der Waals surface area contributed by atoms with E-state index in [0.29, 0.717) is 22.6 Å². The summed E-state index contributed by atoms with van der Waals surface area (Å²) in [5.41, 5.74) is 3.74. The highest BCUT2D eigenvalue weighted by atomic mass is 16.1. The van der Waals surface area contributed by atoms with E-state index in [1.165, 1.54) is 5.69 Å². The van der Waals surface area contributed by atoms with Crippen LogP contribution in [0, 0.1) is 11.3 Å². The Morgan fingerprint density at radius 3 is 2.28 bits per heavy atom. The number of anilines is 4. The monoisotopic (exact) mass is 385 g/mol. The van der Waals surface area contributed by atoms with Crippen LogP contribution in [0.1, 0.15) is 29.8 Å². The Morgan fingerprint density at radius 1 is 1.00 bits per heavy atom. The molecule has 2 N–H and O–H groups in total. The van der Waals surface area contributed by atoms with E-state index in [2.05, 4.69) is 52.6 Å². The van der Waals surface area contributed by atoms with Crippen molar-refractivity contribution in [1.82, 2.24) is 4.98 Å². The number of amides is 1. The number of nitrogens with zero attached hydrogens (tertiary/aromatic N) is 3. The van der Waals surface area contributed by atoms with E-state index in [9.17, 15) is 4.79 Å². The minimum absolute atomic E-state index is 0.239. The first-order valence-electron chi connectivity index (χ1n) is 9.52. The second-order valence-corrected chi connectivity index (χ2v) is 6.42. The summed E-state index contributed by atoms with van der Waals surface area (Å²) in [7, 11) is 0. The van der Waals surface area contributed by atoms with Crippen molar-refractivity contribution in [2.24, 2.45) is 0 Å². The van der Waals surface area contributed by atoms with Gasteiger partial charge in [-0.3, -0.25) is 4.79 Å². The van der Waals surface area contributed by atoms with E-state index >= 15 is 0 Å². The smallest absolute Gasteiger partial charge is 0.255 e. The summed E-state index contributed by atoms with van der Waals surface area (Å²) in [6.45, 7) is 6.18. The molecule has 1 aromatic heterocycles. The number of rotatable bonds is 7. The summed E-state index contributed by atoms with van der Waals surface area (Å²) in [6.07, 6.45) is 1.60. The molecule has 3 aromatic rings. The molecule has 0 fully saturated rings. The fraction of sp³-hybridized carbons (Fsp3) is 0.174. The topological polar surface area (TPSA) is 81.0 Å². The van der Waals surface area contributed by atoms with Gasteiger partial charge in [-0.2, -0.15) is 5.26 Å². The van der Waals surface area contributed by atoms with Gasteiger partial charge in [-0.1, -0.05) is 0 Å². The molecule has 6 nitrogen and oxygen atoms in total. The minimum Gasteiger partial charge on any atom is -0.372 e. The van der Waals surface area contributed by atoms with Crippen molar-refractivity contribution in [3.05, 3.63) is 78.0 Å². The molecule has 0 radical (unpaired) electrons. The average Bonchev–Trinajstić information content (AvgIpc) is 2.76. The Bertz CT molecular complexity index is 1000. The van der Waals surface area contributed by atoms with Gasteiger partial charge >= 0.3 is 0 Å². The highest BCUT2D eigenvalue weighted by Gasteiger charge is 2.08. The normalized spacial score (nSPS) is 10.1. The predicted octanol–water partition coefficient (Wildman–Crippen LogP) is 4.80. The maximum atomic E-state index is 12.5. The van der Waals surface area contributed by atoms with Crippen molar-refractivity contribution in [3.8, 4) is 6.07 Å². The number of nitrogens with one attached hydrogen (secondary N) is 2. The number of nitriles is 1. The molecule has 29 heavy (non-hydrogen) atoms. The first-order chi connectivity index (χ1) is 14.1. The molecule has 0 aliphatic carbocycles. The zero-order chi connectivity index (χ0) is 20.6.